The van der Waals surface area contributed by atoms with Gasteiger partial charge in [0.25, 0.3) is 0 Å². The van der Waals surface area contributed by atoms with Gasteiger partial charge in [-0.3, -0.25) is 4.68 Å². The molecule has 6 heterocycles. The molecular formula is C68H118N6O2S2. The monoisotopic (exact) mass is 1110 g/mol. The molecule has 0 fully saturated rings. The van der Waals surface area contributed by atoms with E-state index in [0.717, 1.165) is 28.9 Å². The van der Waals surface area contributed by atoms with Gasteiger partial charge < -0.3 is 13.4 Å². The van der Waals surface area contributed by atoms with Gasteiger partial charge >= 0.3 is 0 Å². The van der Waals surface area contributed by atoms with Crippen molar-refractivity contribution in [2.24, 2.45) is 0 Å². The zero-order valence-electron chi connectivity index (χ0n) is 57.1. The minimum atomic E-state index is 0.00347. The van der Waals surface area contributed by atoms with Crippen molar-refractivity contribution in [1.29, 1.82) is 0 Å². The quantitative estimate of drug-likeness (QED) is 0.151. The predicted octanol–water partition coefficient (Wildman–Crippen LogP) is 21.1. The van der Waals surface area contributed by atoms with E-state index in [0.29, 0.717) is 10.8 Å². The second-order valence-corrected chi connectivity index (χ2v) is 35.7. The number of furan rings is 1. The molecule has 78 heavy (non-hydrogen) atoms. The summed E-state index contributed by atoms with van der Waals surface area (Å²) in [6, 6.07) is 8.71. The first-order valence-corrected chi connectivity index (χ1v) is 30.2. The highest BCUT2D eigenvalue weighted by atomic mass is 32.1. The number of nitrogens with zero attached hydrogens (tertiary/aromatic N) is 6. The standard InChI is InChI=1S/C12H20O.C12H20S.2C11H20N2.C11H19NO.C11H19NS/c2*1-11(2,3)9-7-8-10(13-9)12(4,5)6;1-10(2,3)9-7-13(8-12-9)11(4,5)6;1-10(2,3)9-7-12-13(8-9)11(4,5)6;2*1-10(2,3)8-7-12-9(13-8)11(4,5)6/h4*7-8H,1-6H3;2*7H,1-6H3. The lowest BCUT2D eigenvalue weighted by Crippen LogP contribution is -2.22. The van der Waals surface area contributed by atoms with Crippen molar-refractivity contribution in [3.8, 4) is 0 Å². The Labute approximate surface area is 488 Å². The van der Waals surface area contributed by atoms with Gasteiger partial charge in [-0.2, -0.15) is 5.10 Å². The van der Waals surface area contributed by atoms with Crippen molar-refractivity contribution in [3.63, 3.8) is 0 Å². The van der Waals surface area contributed by atoms with Crippen molar-refractivity contribution in [3.05, 3.63) is 116 Å². The van der Waals surface area contributed by atoms with Crippen molar-refractivity contribution < 1.29 is 8.83 Å². The largest absolute Gasteiger partial charge is 0.465 e. The summed E-state index contributed by atoms with van der Waals surface area (Å²) >= 11 is 3.78. The van der Waals surface area contributed by atoms with Crippen LogP contribution in [0, 0.1) is 0 Å². The van der Waals surface area contributed by atoms with Gasteiger partial charge in [-0.25, -0.2) is 15.0 Å². The zero-order chi connectivity index (χ0) is 61.7. The molecular weight excluding hydrogens is 997 g/mol. The van der Waals surface area contributed by atoms with Gasteiger partial charge in [-0.05, 0) is 93.0 Å². The molecule has 0 aromatic carbocycles. The van der Waals surface area contributed by atoms with Crippen LogP contribution in [0.25, 0.3) is 0 Å². The number of imidazole rings is 1. The summed E-state index contributed by atoms with van der Waals surface area (Å²) in [5.74, 6) is 3.91. The Morgan fingerprint density at radius 2 is 0.782 bits per heavy atom. The second kappa shape index (κ2) is 25.6. The fraction of sp³-hybridized carbons (Fsp3) is 0.706. The van der Waals surface area contributed by atoms with Crippen LogP contribution >= 0.6 is 22.7 Å². The molecule has 8 nitrogen and oxygen atoms in total. The molecule has 0 spiro atoms. The number of rotatable bonds is 0. The molecule has 0 atom stereocenters. The first-order chi connectivity index (χ1) is 34.3. The normalized spacial score (nSPS) is 13.4. The van der Waals surface area contributed by atoms with Gasteiger partial charge in [0.05, 0.1) is 35.0 Å². The smallest absolute Gasteiger partial charge is 0.199 e. The number of thiazole rings is 1. The van der Waals surface area contributed by atoms with Crippen LogP contribution in [0.5, 0.6) is 0 Å². The van der Waals surface area contributed by atoms with Crippen molar-refractivity contribution in [2.45, 2.75) is 314 Å². The first kappa shape index (κ1) is 72.3. The van der Waals surface area contributed by atoms with E-state index < -0.39 is 0 Å². The van der Waals surface area contributed by atoms with Crippen LogP contribution in [0.2, 0.25) is 0 Å². The Kier molecular flexibility index (Phi) is 23.7. The maximum atomic E-state index is 5.81. The molecule has 10 heteroatoms. The topological polar surface area (TPSA) is 87.7 Å². The van der Waals surface area contributed by atoms with Crippen molar-refractivity contribution >= 4 is 22.7 Å². The maximum absolute atomic E-state index is 5.81. The van der Waals surface area contributed by atoms with Gasteiger partial charge in [0.2, 0.25) is 0 Å². The van der Waals surface area contributed by atoms with Crippen LogP contribution in [0.15, 0.2) is 70.4 Å². The fourth-order valence-corrected chi connectivity index (χ4v) is 8.53. The molecule has 6 rings (SSSR count). The van der Waals surface area contributed by atoms with E-state index in [1.54, 1.807) is 0 Å². The zero-order valence-corrected chi connectivity index (χ0v) is 58.7. The summed E-state index contributed by atoms with van der Waals surface area (Å²) in [6.45, 7) is 78.8. The molecule has 0 aliphatic carbocycles. The molecule has 0 saturated heterocycles. The van der Waals surface area contributed by atoms with E-state index in [-0.39, 0.29) is 54.4 Å². The third-order valence-electron chi connectivity index (χ3n) is 12.2. The molecule has 444 valence electrons. The highest BCUT2D eigenvalue weighted by Crippen LogP contribution is 2.37. The summed E-state index contributed by atoms with van der Waals surface area (Å²) in [5.41, 5.74) is 4.33. The van der Waals surface area contributed by atoms with Gasteiger partial charge in [-0.1, -0.05) is 208 Å². The van der Waals surface area contributed by atoms with Crippen molar-refractivity contribution in [1.82, 2.24) is 29.3 Å². The predicted molar refractivity (Wildman–Crippen MR) is 343 cm³/mol. The summed E-state index contributed by atoms with van der Waals surface area (Å²) in [4.78, 5) is 17.5. The molecule has 0 aliphatic heterocycles. The number of oxazole rings is 1. The van der Waals surface area contributed by atoms with Crippen molar-refractivity contribution in [2.75, 3.05) is 0 Å². The summed E-state index contributed by atoms with van der Waals surface area (Å²) in [5, 5.41) is 5.60. The SMILES string of the molecule is CC(C)(C)c1ccc(C(C)(C)C)o1.CC(C)(C)c1ccc(C(C)(C)C)s1.CC(C)(C)c1cn(C(C)(C)C)cn1.CC(C)(C)c1cnc(C(C)(C)C)o1.CC(C)(C)c1cnc(C(C)(C)C)s1.CC(C)(C)c1cnn(C(C)(C)C)c1. The van der Waals surface area contributed by atoms with Gasteiger partial charge in [-0.15, -0.1) is 22.7 Å². The molecule has 0 saturated carbocycles. The van der Waals surface area contributed by atoms with Crippen LogP contribution in [-0.4, -0.2) is 29.3 Å². The average Bonchev–Trinajstić information content (AvgIpc) is 4.06. The molecule has 0 radical (unpaired) electrons. The Hall–Kier alpha value is -3.76. The highest BCUT2D eigenvalue weighted by Gasteiger charge is 2.28. The lowest BCUT2D eigenvalue weighted by molar-refractivity contribution is 0.335. The Morgan fingerprint density at radius 1 is 0.346 bits per heavy atom. The third-order valence-corrected chi connectivity index (χ3v) is 16.0. The third kappa shape index (κ3) is 24.5. The van der Waals surface area contributed by atoms with E-state index in [1.807, 2.05) is 52.3 Å². The molecule has 0 unspecified atom stereocenters. The molecule has 0 aliphatic rings. The minimum absolute atomic E-state index is 0.00347. The summed E-state index contributed by atoms with van der Waals surface area (Å²) in [6.07, 6.45) is 12.0. The van der Waals surface area contributed by atoms with Crippen LogP contribution in [0.3, 0.4) is 0 Å². The van der Waals surface area contributed by atoms with E-state index >= 15 is 0 Å². The van der Waals surface area contributed by atoms with Gasteiger partial charge in [0, 0.05) is 71.3 Å². The van der Waals surface area contributed by atoms with Crippen LogP contribution in [0.1, 0.15) is 303 Å². The molecule has 0 N–H and O–H groups in total. The Morgan fingerprint density at radius 3 is 0.987 bits per heavy atom. The number of hydrogen-bond acceptors (Lipinski definition) is 8. The summed E-state index contributed by atoms with van der Waals surface area (Å²) < 4.78 is 15.7. The van der Waals surface area contributed by atoms with Gasteiger partial charge in [0.1, 0.15) is 17.3 Å². The van der Waals surface area contributed by atoms with Crippen LogP contribution in [-0.2, 0) is 65.2 Å². The lowest BCUT2D eigenvalue weighted by Gasteiger charge is -2.20. The molecule has 6 aromatic rings. The van der Waals surface area contributed by atoms with E-state index in [1.165, 1.54) is 25.2 Å². The molecule has 0 amide bonds. The minimum Gasteiger partial charge on any atom is -0.465 e. The Balaban J connectivity index is 0.000000468. The molecule has 0 bridgehead atoms. The highest BCUT2D eigenvalue weighted by molar-refractivity contribution is 7.12. The van der Waals surface area contributed by atoms with Gasteiger partial charge in [0.15, 0.2) is 5.89 Å². The number of thiophene rings is 1. The average molecular weight is 1120 g/mol. The number of aromatic nitrogens is 6. The lowest BCUT2D eigenvalue weighted by atomic mass is 9.90. The van der Waals surface area contributed by atoms with E-state index in [2.05, 4.69) is 311 Å². The number of hydrogen-bond donors (Lipinski definition) is 0. The van der Waals surface area contributed by atoms with Crippen LogP contribution in [0.4, 0.5) is 0 Å². The maximum Gasteiger partial charge on any atom is 0.199 e. The second-order valence-electron chi connectivity index (χ2n) is 33.6. The Bertz CT molecular complexity index is 2020. The molecule has 6 aromatic heterocycles. The first-order valence-electron chi connectivity index (χ1n) is 28.5. The fourth-order valence-electron chi connectivity index (χ4n) is 6.38. The van der Waals surface area contributed by atoms with E-state index in [9.17, 15) is 0 Å². The van der Waals surface area contributed by atoms with E-state index in [4.69, 9.17) is 8.83 Å². The van der Waals surface area contributed by atoms with Crippen LogP contribution < -0.4 is 0 Å². The summed E-state index contributed by atoms with van der Waals surface area (Å²) in [7, 11) is 0.